The zero-order valence-corrected chi connectivity index (χ0v) is 15.5. The third kappa shape index (κ3) is 5.22. The van der Waals surface area contributed by atoms with E-state index in [2.05, 4.69) is 9.97 Å². The van der Waals surface area contributed by atoms with E-state index >= 15 is 0 Å². The molecular formula is C19H23N3O5. The fourth-order valence-corrected chi connectivity index (χ4v) is 2.79. The Morgan fingerprint density at radius 2 is 1.78 bits per heavy atom. The van der Waals surface area contributed by atoms with Crippen molar-refractivity contribution in [3.63, 3.8) is 0 Å². The van der Waals surface area contributed by atoms with Crippen molar-refractivity contribution in [1.29, 1.82) is 0 Å². The molecule has 0 N–H and O–H groups in total. The van der Waals surface area contributed by atoms with Gasteiger partial charge in [-0.2, -0.15) is 4.98 Å². The molecule has 0 saturated carbocycles. The highest BCUT2D eigenvalue weighted by Crippen LogP contribution is 2.20. The van der Waals surface area contributed by atoms with Gasteiger partial charge in [-0.25, -0.2) is 4.98 Å². The smallest absolute Gasteiger partial charge is 0.319 e. The van der Waals surface area contributed by atoms with Gasteiger partial charge in [0, 0.05) is 38.2 Å². The van der Waals surface area contributed by atoms with Crippen molar-refractivity contribution in [2.24, 2.45) is 0 Å². The molecule has 1 aliphatic rings. The minimum atomic E-state index is -0.0343. The molecule has 3 rings (SSSR count). The lowest BCUT2D eigenvalue weighted by Crippen LogP contribution is -2.43. The Labute approximate surface area is 158 Å². The fourth-order valence-electron chi connectivity index (χ4n) is 2.79. The average Bonchev–Trinajstić information content (AvgIpc) is 2.73. The van der Waals surface area contributed by atoms with Crippen molar-refractivity contribution < 1.29 is 23.7 Å². The van der Waals surface area contributed by atoms with Gasteiger partial charge in [0.15, 0.2) is 6.61 Å². The van der Waals surface area contributed by atoms with Gasteiger partial charge in [-0.15, -0.1) is 0 Å². The Balaban J connectivity index is 1.43. The Bertz CT molecular complexity index is 745. The van der Waals surface area contributed by atoms with E-state index in [1.165, 1.54) is 7.11 Å². The summed E-state index contributed by atoms with van der Waals surface area (Å²) in [7, 11) is 3.12. The largest absolute Gasteiger partial charge is 0.497 e. The number of piperidine rings is 1. The zero-order valence-electron chi connectivity index (χ0n) is 15.5. The first-order valence-corrected chi connectivity index (χ1v) is 8.76. The molecule has 8 nitrogen and oxygen atoms in total. The van der Waals surface area contributed by atoms with Crippen molar-refractivity contribution in [3.05, 3.63) is 36.5 Å². The molecule has 1 aromatic carbocycles. The van der Waals surface area contributed by atoms with Crippen molar-refractivity contribution in [3.8, 4) is 23.4 Å². The van der Waals surface area contributed by atoms with Crippen LogP contribution in [-0.2, 0) is 4.79 Å². The molecule has 27 heavy (non-hydrogen) atoms. The molecule has 1 aromatic heterocycles. The number of nitrogens with zero attached hydrogens (tertiary/aromatic N) is 3. The normalized spacial score (nSPS) is 14.5. The van der Waals surface area contributed by atoms with E-state index in [4.69, 9.17) is 18.9 Å². The number of ether oxygens (including phenoxy) is 4. The summed E-state index contributed by atoms with van der Waals surface area (Å²) in [5.74, 6) is 1.83. The van der Waals surface area contributed by atoms with Gasteiger partial charge in [0.2, 0.25) is 5.88 Å². The van der Waals surface area contributed by atoms with Crippen LogP contribution in [0.5, 0.6) is 23.4 Å². The minimum Gasteiger partial charge on any atom is -0.497 e. The fraction of sp³-hybridized carbons (Fsp3) is 0.421. The van der Waals surface area contributed by atoms with Gasteiger partial charge in [0.1, 0.15) is 17.6 Å². The second kappa shape index (κ2) is 9.07. The van der Waals surface area contributed by atoms with Crippen LogP contribution in [0.1, 0.15) is 12.8 Å². The van der Waals surface area contributed by atoms with Gasteiger partial charge in [0.25, 0.3) is 5.91 Å². The first kappa shape index (κ1) is 18.8. The average molecular weight is 373 g/mol. The number of hydrogen-bond donors (Lipinski definition) is 0. The molecular weight excluding hydrogens is 350 g/mol. The summed E-state index contributed by atoms with van der Waals surface area (Å²) in [6.07, 6.45) is 3.08. The molecule has 0 bridgehead atoms. The van der Waals surface area contributed by atoms with E-state index in [1.54, 1.807) is 48.5 Å². The molecule has 8 heteroatoms. The maximum Gasteiger partial charge on any atom is 0.319 e. The summed E-state index contributed by atoms with van der Waals surface area (Å²) in [6, 6.07) is 9.12. The molecule has 0 radical (unpaired) electrons. The van der Waals surface area contributed by atoms with Crippen LogP contribution in [0, 0.1) is 0 Å². The highest BCUT2D eigenvalue weighted by atomic mass is 16.5. The molecule has 0 spiro atoms. The van der Waals surface area contributed by atoms with E-state index in [0.717, 1.165) is 18.6 Å². The van der Waals surface area contributed by atoms with E-state index in [-0.39, 0.29) is 24.6 Å². The topological polar surface area (TPSA) is 83.0 Å². The number of methoxy groups -OCH3 is 2. The molecule has 2 heterocycles. The summed E-state index contributed by atoms with van der Waals surface area (Å²) < 4.78 is 21.5. The highest BCUT2D eigenvalue weighted by molar-refractivity contribution is 5.77. The summed E-state index contributed by atoms with van der Waals surface area (Å²) in [5.41, 5.74) is 0. The lowest BCUT2D eigenvalue weighted by atomic mass is 10.1. The van der Waals surface area contributed by atoms with Gasteiger partial charge in [0.05, 0.1) is 14.2 Å². The molecule has 1 fully saturated rings. The third-order valence-electron chi connectivity index (χ3n) is 4.29. The van der Waals surface area contributed by atoms with Gasteiger partial charge in [-0.1, -0.05) is 0 Å². The van der Waals surface area contributed by atoms with Crippen LogP contribution in [0.3, 0.4) is 0 Å². The number of carbonyl (C=O) groups excluding carboxylic acids is 1. The predicted molar refractivity (Wildman–Crippen MR) is 97.3 cm³/mol. The SMILES string of the molecule is COc1ccc(OCC(=O)N2CCC(Oc3ccnc(OC)n3)CC2)cc1. The number of likely N-dealkylation sites (tertiary alicyclic amines) is 1. The van der Waals surface area contributed by atoms with Crippen molar-refractivity contribution in [1.82, 2.24) is 14.9 Å². The molecule has 0 unspecified atom stereocenters. The quantitative estimate of drug-likeness (QED) is 0.733. The summed E-state index contributed by atoms with van der Waals surface area (Å²) >= 11 is 0. The minimum absolute atomic E-state index is 0.0103. The van der Waals surface area contributed by atoms with Gasteiger partial charge in [-0.3, -0.25) is 4.79 Å². The maximum atomic E-state index is 12.3. The summed E-state index contributed by atoms with van der Waals surface area (Å²) in [6.45, 7) is 1.26. The molecule has 1 saturated heterocycles. The number of rotatable bonds is 7. The first-order valence-electron chi connectivity index (χ1n) is 8.76. The van der Waals surface area contributed by atoms with E-state index < -0.39 is 0 Å². The summed E-state index contributed by atoms with van der Waals surface area (Å²) in [4.78, 5) is 22.2. The number of carbonyl (C=O) groups is 1. The molecule has 1 amide bonds. The number of hydrogen-bond acceptors (Lipinski definition) is 7. The van der Waals surface area contributed by atoms with E-state index in [0.29, 0.717) is 24.7 Å². The second-order valence-corrected chi connectivity index (χ2v) is 6.04. The molecule has 0 aliphatic carbocycles. The van der Waals surface area contributed by atoms with Crippen LogP contribution in [0.4, 0.5) is 0 Å². The van der Waals surface area contributed by atoms with E-state index in [9.17, 15) is 4.79 Å². The third-order valence-corrected chi connectivity index (χ3v) is 4.29. The molecule has 144 valence electrons. The highest BCUT2D eigenvalue weighted by Gasteiger charge is 2.24. The van der Waals surface area contributed by atoms with Crippen molar-refractivity contribution >= 4 is 5.91 Å². The lowest BCUT2D eigenvalue weighted by Gasteiger charge is -2.31. The van der Waals surface area contributed by atoms with Crippen molar-refractivity contribution in [2.75, 3.05) is 33.9 Å². The monoisotopic (exact) mass is 373 g/mol. The Morgan fingerprint density at radius 3 is 2.44 bits per heavy atom. The van der Waals surface area contributed by atoms with Crippen LogP contribution < -0.4 is 18.9 Å². The number of benzene rings is 1. The Hall–Kier alpha value is -3.03. The van der Waals surface area contributed by atoms with Crippen LogP contribution in [0.25, 0.3) is 0 Å². The van der Waals surface area contributed by atoms with E-state index in [1.807, 2.05) is 0 Å². The maximum absolute atomic E-state index is 12.3. The predicted octanol–water partition coefficient (Wildman–Crippen LogP) is 1.94. The summed E-state index contributed by atoms with van der Waals surface area (Å²) in [5, 5.41) is 0. The molecule has 0 atom stereocenters. The Morgan fingerprint density at radius 1 is 1.07 bits per heavy atom. The molecule has 1 aliphatic heterocycles. The zero-order chi connectivity index (χ0) is 19.1. The molecule has 2 aromatic rings. The number of aromatic nitrogens is 2. The van der Waals surface area contributed by atoms with Gasteiger partial charge < -0.3 is 23.8 Å². The second-order valence-electron chi connectivity index (χ2n) is 6.04. The van der Waals surface area contributed by atoms with Crippen LogP contribution in [-0.4, -0.2) is 60.8 Å². The first-order chi connectivity index (χ1) is 13.2. The van der Waals surface area contributed by atoms with Crippen LogP contribution in [0.15, 0.2) is 36.5 Å². The van der Waals surface area contributed by atoms with Gasteiger partial charge >= 0.3 is 6.01 Å². The van der Waals surface area contributed by atoms with Crippen LogP contribution in [0.2, 0.25) is 0 Å². The van der Waals surface area contributed by atoms with Gasteiger partial charge in [-0.05, 0) is 24.3 Å². The number of amides is 1. The van der Waals surface area contributed by atoms with Crippen LogP contribution >= 0.6 is 0 Å². The Kier molecular flexibility index (Phi) is 6.30. The standard InChI is InChI=1S/C19H23N3O5/c1-24-14-3-5-15(6-4-14)26-13-18(23)22-11-8-16(9-12-22)27-17-7-10-20-19(21-17)25-2/h3-7,10,16H,8-9,11-13H2,1-2H3. The van der Waals surface area contributed by atoms with Crippen molar-refractivity contribution in [2.45, 2.75) is 18.9 Å². The lowest BCUT2D eigenvalue weighted by molar-refractivity contribution is -0.135.